The van der Waals surface area contributed by atoms with Crippen LogP contribution in [0.2, 0.25) is 0 Å². The molecule has 0 spiro atoms. The lowest BCUT2D eigenvalue weighted by Crippen LogP contribution is -2.44. The molecule has 1 saturated heterocycles. The van der Waals surface area contributed by atoms with Gasteiger partial charge in [0.25, 0.3) is 11.1 Å². The summed E-state index contributed by atoms with van der Waals surface area (Å²) in [5.74, 6) is 0.931. The number of nitrogens with one attached hydrogen (secondary N) is 1. The molecule has 3 aliphatic rings. The number of hydrogen-bond acceptors (Lipinski definition) is 7. The van der Waals surface area contributed by atoms with Gasteiger partial charge >= 0.3 is 0 Å². The lowest BCUT2D eigenvalue weighted by Gasteiger charge is -2.34. The minimum atomic E-state index is -0.144. The molecule has 0 saturated carbocycles. The highest BCUT2D eigenvalue weighted by Gasteiger charge is 2.29. The highest BCUT2D eigenvalue weighted by atomic mass is 16.5. The van der Waals surface area contributed by atoms with Gasteiger partial charge < -0.3 is 15.0 Å². The van der Waals surface area contributed by atoms with E-state index < -0.39 is 0 Å². The second-order valence-electron chi connectivity index (χ2n) is 9.30. The standard InChI is InChI=1S/C24H28N6O3/c31-22-4-3-20-24-29(23(32)13-27-20)15-19(30(22)24)14-28-7-5-17(6-8-28)25-11-18-10-16-2-1-9-33-21(16)12-26-18/h3-4,10,12-13,17,19,25H,1-2,5-9,11,14-15H2/t19-/m1/s1. The SMILES string of the molecule is O=c1cnc2ccc(=O)n3c2n1C[C@H]3CN1CCC(NCc2cc3c(cn2)OCCC3)CC1. The molecule has 3 aromatic heterocycles. The predicted octanol–water partition coefficient (Wildman–Crippen LogP) is 1.09. The van der Waals surface area contributed by atoms with Crippen LogP contribution in [0.25, 0.3) is 11.2 Å². The quantitative estimate of drug-likeness (QED) is 0.624. The maximum absolute atomic E-state index is 12.6. The van der Waals surface area contributed by atoms with Crippen molar-refractivity contribution in [3.05, 3.63) is 62.6 Å². The van der Waals surface area contributed by atoms with Gasteiger partial charge in [0.15, 0.2) is 0 Å². The first kappa shape index (κ1) is 20.6. The zero-order chi connectivity index (χ0) is 22.4. The van der Waals surface area contributed by atoms with Crippen LogP contribution in [0.5, 0.6) is 5.75 Å². The van der Waals surface area contributed by atoms with Gasteiger partial charge in [0, 0.05) is 31.7 Å². The largest absolute Gasteiger partial charge is 0.492 e. The molecule has 3 aliphatic heterocycles. The van der Waals surface area contributed by atoms with E-state index in [1.54, 1.807) is 21.3 Å². The summed E-state index contributed by atoms with van der Waals surface area (Å²) >= 11 is 0. The van der Waals surface area contributed by atoms with E-state index in [2.05, 4.69) is 26.3 Å². The van der Waals surface area contributed by atoms with Crippen molar-refractivity contribution >= 4 is 11.2 Å². The van der Waals surface area contributed by atoms with Crippen molar-refractivity contribution in [2.75, 3.05) is 26.2 Å². The van der Waals surface area contributed by atoms with Gasteiger partial charge in [0.1, 0.15) is 16.9 Å². The second kappa shape index (κ2) is 8.39. The Kier molecular flexibility index (Phi) is 5.22. The molecular weight excluding hydrogens is 420 g/mol. The van der Waals surface area contributed by atoms with Crippen molar-refractivity contribution in [2.24, 2.45) is 0 Å². The highest BCUT2D eigenvalue weighted by Crippen LogP contribution is 2.25. The van der Waals surface area contributed by atoms with Crippen molar-refractivity contribution in [1.29, 1.82) is 0 Å². The minimum Gasteiger partial charge on any atom is -0.492 e. The van der Waals surface area contributed by atoms with Gasteiger partial charge in [-0.3, -0.25) is 23.7 Å². The van der Waals surface area contributed by atoms with Crippen LogP contribution in [-0.4, -0.2) is 56.3 Å². The Morgan fingerprint density at radius 3 is 2.85 bits per heavy atom. The van der Waals surface area contributed by atoms with E-state index >= 15 is 0 Å². The highest BCUT2D eigenvalue weighted by molar-refractivity contribution is 5.71. The maximum atomic E-state index is 12.6. The van der Waals surface area contributed by atoms with Crippen LogP contribution >= 0.6 is 0 Å². The van der Waals surface area contributed by atoms with Gasteiger partial charge in [-0.15, -0.1) is 0 Å². The molecule has 9 nitrogen and oxygen atoms in total. The first-order valence-corrected chi connectivity index (χ1v) is 11.8. The van der Waals surface area contributed by atoms with Crippen LogP contribution in [0, 0.1) is 0 Å². The summed E-state index contributed by atoms with van der Waals surface area (Å²) in [4.78, 5) is 36.1. The third-order valence-electron chi connectivity index (χ3n) is 7.15. The molecule has 1 atom stereocenters. The molecule has 3 aromatic rings. The van der Waals surface area contributed by atoms with E-state index in [4.69, 9.17) is 4.74 Å². The third-order valence-corrected chi connectivity index (χ3v) is 7.15. The molecule has 0 amide bonds. The molecule has 1 N–H and O–H groups in total. The Morgan fingerprint density at radius 1 is 1.09 bits per heavy atom. The summed E-state index contributed by atoms with van der Waals surface area (Å²) in [5, 5.41) is 3.67. The van der Waals surface area contributed by atoms with Crippen LogP contribution in [0.4, 0.5) is 0 Å². The average molecular weight is 449 g/mol. The van der Waals surface area contributed by atoms with Crippen molar-refractivity contribution < 1.29 is 4.74 Å². The fourth-order valence-electron chi connectivity index (χ4n) is 5.43. The van der Waals surface area contributed by atoms with Crippen molar-refractivity contribution in [1.82, 2.24) is 29.3 Å². The lowest BCUT2D eigenvalue weighted by molar-refractivity contribution is 0.171. The maximum Gasteiger partial charge on any atom is 0.270 e. The van der Waals surface area contributed by atoms with Gasteiger partial charge in [0.05, 0.1) is 30.7 Å². The van der Waals surface area contributed by atoms with Crippen LogP contribution in [0.3, 0.4) is 0 Å². The van der Waals surface area contributed by atoms with Gasteiger partial charge in [0.2, 0.25) is 0 Å². The number of pyridine rings is 2. The van der Waals surface area contributed by atoms with Crippen LogP contribution in [0.15, 0.2) is 40.2 Å². The molecule has 0 radical (unpaired) electrons. The molecule has 0 unspecified atom stereocenters. The molecule has 0 aromatic carbocycles. The summed E-state index contributed by atoms with van der Waals surface area (Å²) in [7, 11) is 0. The molecule has 33 heavy (non-hydrogen) atoms. The molecule has 9 heteroatoms. The van der Waals surface area contributed by atoms with Crippen molar-refractivity contribution in [3.63, 3.8) is 0 Å². The summed E-state index contributed by atoms with van der Waals surface area (Å²) in [5.41, 5.74) is 3.47. The first-order valence-electron chi connectivity index (χ1n) is 11.8. The molecule has 172 valence electrons. The Morgan fingerprint density at radius 2 is 1.97 bits per heavy atom. The monoisotopic (exact) mass is 448 g/mol. The number of ether oxygens (including phenoxy) is 1. The zero-order valence-electron chi connectivity index (χ0n) is 18.6. The Balaban J connectivity index is 1.06. The van der Waals surface area contributed by atoms with Crippen LogP contribution in [-0.2, 0) is 19.5 Å². The molecule has 6 rings (SSSR count). The van der Waals surface area contributed by atoms with E-state index in [1.807, 2.05) is 6.20 Å². The number of hydrogen-bond donors (Lipinski definition) is 1. The normalized spacial score (nSPS) is 20.7. The van der Waals surface area contributed by atoms with Crippen molar-refractivity contribution in [3.8, 4) is 5.75 Å². The Labute approximate surface area is 191 Å². The van der Waals surface area contributed by atoms with E-state index in [9.17, 15) is 9.59 Å². The minimum absolute atomic E-state index is 0.0375. The molecule has 6 heterocycles. The molecule has 0 bridgehead atoms. The first-order chi connectivity index (χ1) is 16.2. The molecule has 0 aliphatic carbocycles. The predicted molar refractivity (Wildman–Crippen MR) is 124 cm³/mol. The number of aryl methyl sites for hydroxylation is 1. The molecule has 1 fully saturated rings. The number of piperidine rings is 1. The van der Waals surface area contributed by atoms with E-state index in [0.29, 0.717) is 23.8 Å². The fourth-order valence-corrected chi connectivity index (χ4v) is 5.43. The van der Waals surface area contributed by atoms with E-state index in [0.717, 1.165) is 69.9 Å². The van der Waals surface area contributed by atoms with E-state index in [1.165, 1.54) is 11.8 Å². The topological polar surface area (TPSA) is 94.3 Å². The Bertz CT molecular complexity index is 1300. The summed E-state index contributed by atoms with van der Waals surface area (Å²) < 4.78 is 9.12. The summed E-state index contributed by atoms with van der Waals surface area (Å²) in [6, 6.07) is 5.84. The number of likely N-dealkylation sites (tertiary alicyclic amines) is 1. The average Bonchev–Trinajstić information content (AvgIpc) is 3.23. The second-order valence-corrected chi connectivity index (χ2v) is 9.30. The van der Waals surface area contributed by atoms with Crippen LogP contribution < -0.4 is 21.2 Å². The zero-order valence-corrected chi connectivity index (χ0v) is 18.6. The van der Waals surface area contributed by atoms with Gasteiger partial charge in [-0.25, -0.2) is 4.98 Å². The number of aromatic nitrogens is 4. The smallest absolute Gasteiger partial charge is 0.270 e. The van der Waals surface area contributed by atoms with Crippen LogP contribution in [0.1, 0.15) is 36.6 Å². The van der Waals surface area contributed by atoms with Gasteiger partial charge in [-0.2, -0.15) is 0 Å². The third kappa shape index (κ3) is 3.85. The Hall–Kier alpha value is -3.04. The number of rotatable bonds is 5. The number of fused-ring (bicyclic) bond motifs is 1. The van der Waals surface area contributed by atoms with E-state index in [-0.39, 0.29) is 17.2 Å². The number of nitrogens with zero attached hydrogens (tertiary/aromatic N) is 5. The lowest BCUT2D eigenvalue weighted by atomic mass is 10.0. The fraction of sp³-hybridized carbons (Fsp3) is 0.500. The summed E-state index contributed by atoms with van der Waals surface area (Å²) in [6.45, 7) is 4.78. The molecular formula is C24H28N6O3. The van der Waals surface area contributed by atoms with Crippen molar-refractivity contribution in [2.45, 2.75) is 50.9 Å². The summed E-state index contributed by atoms with van der Waals surface area (Å²) in [6.07, 6.45) is 7.44. The van der Waals surface area contributed by atoms with Gasteiger partial charge in [-0.05, 0) is 56.5 Å². The van der Waals surface area contributed by atoms with Gasteiger partial charge in [-0.1, -0.05) is 0 Å².